The minimum absolute atomic E-state index is 0.430. The summed E-state index contributed by atoms with van der Waals surface area (Å²) in [6.07, 6.45) is 1.98. The van der Waals surface area contributed by atoms with E-state index in [0.29, 0.717) is 6.54 Å². The summed E-state index contributed by atoms with van der Waals surface area (Å²) in [6.45, 7) is 0.430. The number of fused-ring (bicyclic) bond motifs is 1. The van der Waals surface area contributed by atoms with Crippen LogP contribution in [0.2, 0.25) is 0 Å². The van der Waals surface area contributed by atoms with E-state index < -0.39 is 0 Å². The van der Waals surface area contributed by atoms with Gasteiger partial charge in [0.2, 0.25) is 0 Å². The first-order chi connectivity index (χ1) is 9.72. The Bertz CT molecular complexity index is 750. The first-order valence-electron chi connectivity index (χ1n) is 6.24. The average Bonchev–Trinajstić information content (AvgIpc) is 2.85. The van der Waals surface area contributed by atoms with Crippen molar-refractivity contribution in [1.29, 1.82) is 0 Å². The zero-order valence-electron chi connectivity index (χ0n) is 11.0. The zero-order chi connectivity index (χ0) is 14.1. The van der Waals surface area contributed by atoms with Crippen molar-refractivity contribution in [3.05, 3.63) is 52.8 Å². The number of aromatic nitrogens is 2. The predicted molar refractivity (Wildman–Crippen MR) is 82.8 cm³/mol. The number of pyridine rings is 1. The summed E-state index contributed by atoms with van der Waals surface area (Å²) < 4.78 is 8.20. The molecule has 2 N–H and O–H groups in total. The van der Waals surface area contributed by atoms with Gasteiger partial charge in [-0.3, -0.25) is 0 Å². The molecule has 0 saturated heterocycles. The summed E-state index contributed by atoms with van der Waals surface area (Å²) in [5.74, 6) is 0.828. The Kier molecular flexibility index (Phi) is 3.46. The second-order valence-electron chi connectivity index (χ2n) is 4.42. The van der Waals surface area contributed by atoms with Crippen molar-refractivity contribution in [2.24, 2.45) is 5.73 Å². The summed E-state index contributed by atoms with van der Waals surface area (Å²) in [4.78, 5) is 4.67. The van der Waals surface area contributed by atoms with Crippen LogP contribution in [0.1, 0.15) is 5.69 Å². The van der Waals surface area contributed by atoms with Crippen LogP contribution in [-0.4, -0.2) is 16.5 Å². The van der Waals surface area contributed by atoms with Crippen LogP contribution < -0.4 is 10.5 Å². The monoisotopic (exact) mass is 331 g/mol. The van der Waals surface area contributed by atoms with E-state index in [1.54, 1.807) is 7.11 Å². The van der Waals surface area contributed by atoms with E-state index >= 15 is 0 Å². The highest BCUT2D eigenvalue weighted by molar-refractivity contribution is 9.10. The molecule has 102 valence electrons. The molecular weight excluding hydrogens is 318 g/mol. The van der Waals surface area contributed by atoms with E-state index in [1.807, 2.05) is 47.0 Å². The van der Waals surface area contributed by atoms with E-state index in [2.05, 4.69) is 20.9 Å². The van der Waals surface area contributed by atoms with Crippen LogP contribution in [0.5, 0.6) is 5.75 Å². The van der Waals surface area contributed by atoms with Crippen LogP contribution in [0, 0.1) is 0 Å². The second kappa shape index (κ2) is 5.26. The topological polar surface area (TPSA) is 52.5 Å². The van der Waals surface area contributed by atoms with Gasteiger partial charge in [0.25, 0.3) is 0 Å². The molecule has 20 heavy (non-hydrogen) atoms. The van der Waals surface area contributed by atoms with Gasteiger partial charge in [0.05, 0.1) is 18.5 Å². The number of hydrogen-bond acceptors (Lipinski definition) is 3. The molecule has 5 heteroatoms. The quantitative estimate of drug-likeness (QED) is 0.801. The molecule has 0 aliphatic heterocycles. The normalized spacial score (nSPS) is 10.9. The molecule has 0 saturated carbocycles. The smallest absolute Gasteiger partial charge is 0.137 e. The highest BCUT2D eigenvalue weighted by atomic mass is 79.9. The van der Waals surface area contributed by atoms with E-state index in [4.69, 9.17) is 10.5 Å². The van der Waals surface area contributed by atoms with Gasteiger partial charge in [0.15, 0.2) is 0 Å². The lowest BCUT2D eigenvalue weighted by Crippen LogP contribution is -2.02. The maximum absolute atomic E-state index is 5.90. The zero-order valence-corrected chi connectivity index (χ0v) is 12.6. The summed E-state index contributed by atoms with van der Waals surface area (Å²) >= 11 is 3.47. The summed E-state index contributed by atoms with van der Waals surface area (Å²) in [6, 6.07) is 11.8. The Morgan fingerprint density at radius 2 is 1.95 bits per heavy atom. The van der Waals surface area contributed by atoms with Gasteiger partial charge in [-0.05, 0) is 52.3 Å². The van der Waals surface area contributed by atoms with Gasteiger partial charge >= 0.3 is 0 Å². The molecule has 0 radical (unpaired) electrons. The van der Waals surface area contributed by atoms with E-state index in [0.717, 1.165) is 32.8 Å². The molecule has 0 spiro atoms. The van der Waals surface area contributed by atoms with E-state index in [1.165, 1.54) is 0 Å². The number of nitrogens with zero attached hydrogens (tertiary/aromatic N) is 2. The van der Waals surface area contributed by atoms with Crippen molar-refractivity contribution in [3.8, 4) is 17.0 Å². The van der Waals surface area contributed by atoms with Crippen LogP contribution in [0.15, 0.2) is 47.1 Å². The van der Waals surface area contributed by atoms with Crippen LogP contribution in [0.3, 0.4) is 0 Å². The van der Waals surface area contributed by atoms with Gasteiger partial charge in [0.1, 0.15) is 11.4 Å². The van der Waals surface area contributed by atoms with Gasteiger partial charge in [-0.2, -0.15) is 0 Å². The lowest BCUT2D eigenvalue weighted by Gasteiger charge is -2.04. The molecule has 0 bridgehead atoms. The van der Waals surface area contributed by atoms with Crippen molar-refractivity contribution >= 4 is 21.6 Å². The Hall–Kier alpha value is -1.85. The number of benzene rings is 1. The maximum atomic E-state index is 5.90. The maximum Gasteiger partial charge on any atom is 0.137 e. The number of ether oxygens (including phenoxy) is 1. The summed E-state index contributed by atoms with van der Waals surface area (Å²) in [5.41, 5.74) is 9.73. The molecule has 3 aromatic rings. The average molecular weight is 332 g/mol. The third kappa shape index (κ3) is 2.19. The van der Waals surface area contributed by atoms with Gasteiger partial charge < -0.3 is 14.9 Å². The molecule has 0 atom stereocenters. The molecule has 3 rings (SSSR count). The predicted octanol–water partition coefficient (Wildman–Crippen LogP) is 3.23. The Balaban J connectivity index is 2.19. The Morgan fingerprint density at radius 3 is 2.60 bits per heavy atom. The molecule has 2 aromatic heterocycles. The first kappa shape index (κ1) is 13.1. The van der Waals surface area contributed by atoms with Crippen LogP contribution in [0.4, 0.5) is 0 Å². The number of rotatable bonds is 3. The molecule has 0 unspecified atom stereocenters. The van der Waals surface area contributed by atoms with Crippen LogP contribution in [0.25, 0.3) is 16.9 Å². The molecule has 1 aromatic carbocycles. The van der Waals surface area contributed by atoms with Crippen LogP contribution >= 0.6 is 15.9 Å². The third-order valence-electron chi connectivity index (χ3n) is 3.24. The van der Waals surface area contributed by atoms with Crippen molar-refractivity contribution in [2.75, 3.05) is 7.11 Å². The molecule has 0 aliphatic carbocycles. The Morgan fingerprint density at radius 1 is 1.20 bits per heavy atom. The van der Waals surface area contributed by atoms with Gasteiger partial charge in [-0.1, -0.05) is 0 Å². The van der Waals surface area contributed by atoms with Gasteiger partial charge in [0, 0.05) is 22.8 Å². The van der Waals surface area contributed by atoms with Gasteiger partial charge in [-0.15, -0.1) is 0 Å². The first-order valence-corrected chi connectivity index (χ1v) is 7.03. The lowest BCUT2D eigenvalue weighted by atomic mass is 10.1. The fraction of sp³-hybridized carbons (Fsp3) is 0.133. The molecule has 4 nitrogen and oxygen atoms in total. The molecule has 0 fully saturated rings. The van der Waals surface area contributed by atoms with Crippen LogP contribution in [-0.2, 0) is 6.54 Å². The summed E-state index contributed by atoms with van der Waals surface area (Å²) in [5, 5.41) is 0. The van der Waals surface area contributed by atoms with Gasteiger partial charge in [-0.25, -0.2) is 4.98 Å². The largest absolute Gasteiger partial charge is 0.497 e. The van der Waals surface area contributed by atoms with Crippen molar-refractivity contribution in [1.82, 2.24) is 9.38 Å². The Labute approximate surface area is 125 Å². The number of halogens is 1. The van der Waals surface area contributed by atoms with Crippen molar-refractivity contribution in [3.63, 3.8) is 0 Å². The number of methoxy groups -OCH3 is 1. The van der Waals surface area contributed by atoms with E-state index in [9.17, 15) is 0 Å². The molecular formula is C15H14BrN3O. The lowest BCUT2D eigenvalue weighted by molar-refractivity contribution is 0.415. The molecule has 0 aliphatic rings. The summed E-state index contributed by atoms with van der Waals surface area (Å²) in [7, 11) is 1.66. The van der Waals surface area contributed by atoms with E-state index in [-0.39, 0.29) is 0 Å². The fourth-order valence-corrected chi connectivity index (χ4v) is 2.58. The van der Waals surface area contributed by atoms with Crippen molar-refractivity contribution in [2.45, 2.75) is 6.54 Å². The number of imidazole rings is 1. The molecule has 0 amide bonds. The highest BCUT2D eigenvalue weighted by Gasteiger charge is 2.12. The highest BCUT2D eigenvalue weighted by Crippen LogP contribution is 2.27. The fourth-order valence-electron chi connectivity index (χ4n) is 2.24. The minimum Gasteiger partial charge on any atom is -0.497 e. The second-order valence-corrected chi connectivity index (χ2v) is 5.33. The SMILES string of the molecule is COc1ccc(-c2nc3ccc(Br)cn3c2CN)cc1. The number of nitrogens with two attached hydrogens (primary N) is 1. The number of hydrogen-bond donors (Lipinski definition) is 1. The standard InChI is InChI=1S/C15H14BrN3O/c1-20-12-5-2-10(3-6-12)15-13(8-17)19-9-11(16)4-7-14(19)18-15/h2-7,9H,8,17H2,1H3. The van der Waals surface area contributed by atoms with Crippen molar-refractivity contribution < 1.29 is 4.74 Å². The minimum atomic E-state index is 0.430. The molecule has 2 heterocycles. The third-order valence-corrected chi connectivity index (χ3v) is 3.71.